The molecule has 100 valence electrons. The molecule has 2 aromatic rings. The first kappa shape index (κ1) is 14.2. The number of aryl methyl sites for hydroxylation is 1. The first-order valence-electron chi connectivity index (χ1n) is 5.92. The van der Waals surface area contributed by atoms with Gasteiger partial charge in [-0.05, 0) is 18.6 Å². The number of Topliss-reactive ketones (excluding diaryl/α,β-unsaturated/α-hetero) is 1. The third-order valence-electron chi connectivity index (χ3n) is 2.80. The van der Waals surface area contributed by atoms with E-state index in [4.69, 9.17) is 0 Å². The Morgan fingerprint density at radius 1 is 1.42 bits per heavy atom. The molecule has 0 spiro atoms. The van der Waals surface area contributed by atoms with Crippen LogP contribution in [0.15, 0.2) is 28.7 Å². The summed E-state index contributed by atoms with van der Waals surface area (Å²) in [6, 6.07) is 8.11. The number of anilines is 1. The van der Waals surface area contributed by atoms with E-state index in [-0.39, 0.29) is 5.78 Å². The van der Waals surface area contributed by atoms with Gasteiger partial charge in [-0.1, -0.05) is 45.5 Å². The van der Waals surface area contributed by atoms with E-state index in [0.717, 1.165) is 26.7 Å². The second-order valence-electron chi connectivity index (χ2n) is 4.41. The molecule has 0 amide bonds. The van der Waals surface area contributed by atoms with E-state index in [1.54, 1.807) is 6.92 Å². The van der Waals surface area contributed by atoms with Crippen LogP contribution in [0.1, 0.15) is 27.9 Å². The van der Waals surface area contributed by atoms with Gasteiger partial charge in [0.25, 0.3) is 0 Å². The zero-order valence-electron chi connectivity index (χ0n) is 11.1. The minimum absolute atomic E-state index is 0.0792. The average Bonchev–Trinajstić information content (AvgIpc) is 2.74. The summed E-state index contributed by atoms with van der Waals surface area (Å²) in [6.07, 6.45) is 0. The summed E-state index contributed by atoms with van der Waals surface area (Å²) in [5.74, 6) is 0.0792. The molecule has 0 unspecified atom stereocenters. The molecule has 2 rings (SSSR count). The van der Waals surface area contributed by atoms with E-state index in [2.05, 4.69) is 31.9 Å². The van der Waals surface area contributed by atoms with Crippen molar-refractivity contribution in [2.45, 2.75) is 20.4 Å². The maximum absolute atomic E-state index is 11.5. The summed E-state index contributed by atoms with van der Waals surface area (Å²) in [5.41, 5.74) is 2.01. The molecular formula is C14H15BrN2OS. The summed E-state index contributed by atoms with van der Waals surface area (Å²) in [4.78, 5) is 18.7. The number of carbonyl (C=O) groups is 1. The van der Waals surface area contributed by atoms with Crippen molar-refractivity contribution in [3.05, 3.63) is 44.9 Å². The average molecular weight is 339 g/mol. The predicted octanol–water partition coefficient (Wildman–Crippen LogP) is 4.05. The Morgan fingerprint density at radius 3 is 2.68 bits per heavy atom. The van der Waals surface area contributed by atoms with Crippen LogP contribution >= 0.6 is 27.3 Å². The van der Waals surface area contributed by atoms with Crippen LogP contribution in [0.5, 0.6) is 0 Å². The second kappa shape index (κ2) is 5.84. The van der Waals surface area contributed by atoms with E-state index in [0.29, 0.717) is 0 Å². The van der Waals surface area contributed by atoms with Gasteiger partial charge in [0.15, 0.2) is 10.9 Å². The molecule has 0 bridgehead atoms. The number of thiazole rings is 1. The van der Waals surface area contributed by atoms with E-state index < -0.39 is 0 Å². The second-order valence-corrected chi connectivity index (χ2v) is 6.25. The first-order valence-corrected chi connectivity index (χ1v) is 7.53. The lowest BCUT2D eigenvalue weighted by Gasteiger charge is -2.16. The van der Waals surface area contributed by atoms with E-state index >= 15 is 0 Å². The number of carbonyl (C=O) groups excluding carboxylic acids is 1. The quantitative estimate of drug-likeness (QED) is 0.788. The molecule has 0 aliphatic rings. The standard InChI is InChI=1S/C14H15BrN2OS/c1-9-13(10(2)18)19-14(16-9)17(3)8-11-6-4-5-7-12(11)15/h4-7H,8H2,1-3H3. The number of aromatic nitrogens is 1. The SMILES string of the molecule is CC(=O)c1sc(N(C)Cc2ccccc2Br)nc1C. The fourth-order valence-corrected chi connectivity index (χ4v) is 3.15. The molecule has 0 saturated heterocycles. The van der Waals surface area contributed by atoms with Gasteiger partial charge in [-0.3, -0.25) is 4.79 Å². The molecule has 0 N–H and O–H groups in total. The van der Waals surface area contributed by atoms with Crippen LogP contribution in [0.3, 0.4) is 0 Å². The highest BCUT2D eigenvalue weighted by atomic mass is 79.9. The number of hydrogen-bond acceptors (Lipinski definition) is 4. The fourth-order valence-electron chi connectivity index (χ4n) is 1.82. The lowest BCUT2D eigenvalue weighted by Crippen LogP contribution is -2.16. The fraction of sp³-hybridized carbons (Fsp3) is 0.286. The van der Waals surface area contributed by atoms with Crippen molar-refractivity contribution in [3.63, 3.8) is 0 Å². The van der Waals surface area contributed by atoms with Gasteiger partial charge in [0.1, 0.15) is 0 Å². The van der Waals surface area contributed by atoms with Crippen LogP contribution in [-0.4, -0.2) is 17.8 Å². The Kier molecular flexibility index (Phi) is 4.37. The Hall–Kier alpha value is -1.20. The summed E-state index contributed by atoms with van der Waals surface area (Å²) < 4.78 is 1.09. The largest absolute Gasteiger partial charge is 0.347 e. The lowest BCUT2D eigenvalue weighted by atomic mass is 10.2. The summed E-state index contributed by atoms with van der Waals surface area (Å²) in [7, 11) is 1.99. The molecule has 19 heavy (non-hydrogen) atoms. The Morgan fingerprint density at radius 2 is 2.11 bits per heavy atom. The molecule has 0 radical (unpaired) electrons. The van der Waals surface area contributed by atoms with Crippen molar-refractivity contribution in [3.8, 4) is 0 Å². The highest BCUT2D eigenvalue weighted by Gasteiger charge is 2.14. The molecular weight excluding hydrogens is 324 g/mol. The maximum atomic E-state index is 11.5. The van der Waals surface area contributed by atoms with Gasteiger partial charge in [-0.2, -0.15) is 0 Å². The Bertz CT molecular complexity index is 609. The van der Waals surface area contributed by atoms with E-state index in [9.17, 15) is 4.79 Å². The number of rotatable bonds is 4. The van der Waals surface area contributed by atoms with E-state index in [1.165, 1.54) is 16.9 Å². The molecule has 0 aliphatic carbocycles. The summed E-state index contributed by atoms with van der Waals surface area (Å²) in [6.45, 7) is 4.22. The predicted molar refractivity (Wildman–Crippen MR) is 83.1 cm³/mol. The van der Waals surface area contributed by atoms with Gasteiger partial charge in [0.05, 0.1) is 10.6 Å². The van der Waals surface area contributed by atoms with Gasteiger partial charge in [-0.15, -0.1) is 0 Å². The highest BCUT2D eigenvalue weighted by molar-refractivity contribution is 9.10. The van der Waals surface area contributed by atoms with Crippen LogP contribution in [-0.2, 0) is 6.54 Å². The number of ketones is 1. The topological polar surface area (TPSA) is 33.2 Å². The molecule has 1 heterocycles. The normalized spacial score (nSPS) is 10.5. The molecule has 5 heteroatoms. The van der Waals surface area contributed by atoms with Crippen molar-refractivity contribution < 1.29 is 4.79 Å². The molecule has 0 atom stereocenters. The zero-order chi connectivity index (χ0) is 14.0. The first-order chi connectivity index (χ1) is 8.99. The van der Waals surface area contributed by atoms with Crippen LogP contribution in [0.25, 0.3) is 0 Å². The minimum atomic E-state index is 0.0792. The lowest BCUT2D eigenvalue weighted by molar-refractivity contribution is 0.102. The molecule has 3 nitrogen and oxygen atoms in total. The Labute approximate surface area is 125 Å². The summed E-state index contributed by atoms with van der Waals surface area (Å²) in [5, 5.41) is 0.874. The number of hydrogen-bond donors (Lipinski definition) is 0. The van der Waals surface area contributed by atoms with Crippen molar-refractivity contribution in [2.75, 3.05) is 11.9 Å². The van der Waals surface area contributed by atoms with Crippen LogP contribution in [0.4, 0.5) is 5.13 Å². The van der Waals surface area contributed by atoms with Crippen LogP contribution < -0.4 is 4.90 Å². The third-order valence-corrected chi connectivity index (χ3v) is 4.94. The number of nitrogens with zero attached hydrogens (tertiary/aromatic N) is 2. The van der Waals surface area contributed by atoms with Crippen molar-refractivity contribution in [1.82, 2.24) is 4.98 Å². The van der Waals surface area contributed by atoms with Gasteiger partial charge < -0.3 is 4.90 Å². The van der Waals surface area contributed by atoms with Crippen LogP contribution in [0, 0.1) is 6.92 Å². The monoisotopic (exact) mass is 338 g/mol. The zero-order valence-corrected chi connectivity index (χ0v) is 13.5. The molecule has 0 aliphatic heterocycles. The molecule has 1 aromatic carbocycles. The molecule has 1 aromatic heterocycles. The minimum Gasteiger partial charge on any atom is -0.347 e. The number of halogens is 1. The van der Waals surface area contributed by atoms with Gasteiger partial charge in [0, 0.05) is 25.0 Å². The maximum Gasteiger partial charge on any atom is 0.186 e. The molecule has 0 fully saturated rings. The smallest absolute Gasteiger partial charge is 0.186 e. The van der Waals surface area contributed by atoms with Gasteiger partial charge >= 0.3 is 0 Å². The number of benzene rings is 1. The van der Waals surface area contributed by atoms with E-state index in [1.807, 2.05) is 32.2 Å². The highest BCUT2D eigenvalue weighted by Crippen LogP contribution is 2.27. The van der Waals surface area contributed by atoms with Crippen molar-refractivity contribution in [1.29, 1.82) is 0 Å². The van der Waals surface area contributed by atoms with Crippen molar-refractivity contribution in [2.24, 2.45) is 0 Å². The van der Waals surface area contributed by atoms with Crippen LogP contribution in [0.2, 0.25) is 0 Å². The molecule has 0 saturated carbocycles. The third kappa shape index (κ3) is 3.22. The Balaban J connectivity index is 2.21. The van der Waals surface area contributed by atoms with Gasteiger partial charge in [0.2, 0.25) is 0 Å². The van der Waals surface area contributed by atoms with Crippen molar-refractivity contribution >= 4 is 38.2 Å². The summed E-state index contributed by atoms with van der Waals surface area (Å²) >= 11 is 4.99. The van der Waals surface area contributed by atoms with Gasteiger partial charge in [-0.25, -0.2) is 4.98 Å².